The first-order chi connectivity index (χ1) is 7.95. The maximum absolute atomic E-state index is 9.15. The molecule has 0 unspecified atom stereocenters. The van der Waals surface area contributed by atoms with Crippen LogP contribution < -0.4 is 0 Å². The van der Waals surface area contributed by atoms with Crippen molar-refractivity contribution in [2.75, 3.05) is 13.2 Å². The normalized spacial score (nSPS) is 18.2. The first-order valence-corrected chi connectivity index (χ1v) is 6.04. The van der Waals surface area contributed by atoms with Crippen LogP contribution in [0.5, 0.6) is 0 Å². The number of nitriles is 1. The number of rotatable bonds is 2. The van der Waals surface area contributed by atoms with Crippen LogP contribution >= 0.6 is 0 Å². The molecule has 0 atom stereocenters. The number of hydrogen-bond acceptors (Lipinski definition) is 2. The summed E-state index contributed by atoms with van der Waals surface area (Å²) in [5, 5.41) is 9.15. The SMILES string of the molecule is CC(C)(C)c1ccc(CC2(C#N)COC2)cc1. The maximum Gasteiger partial charge on any atom is 0.108 e. The molecule has 1 saturated heterocycles. The molecular weight excluding hydrogens is 210 g/mol. The van der Waals surface area contributed by atoms with E-state index in [4.69, 9.17) is 10.00 Å². The highest BCUT2D eigenvalue weighted by atomic mass is 16.5. The molecule has 0 saturated carbocycles. The largest absolute Gasteiger partial charge is 0.378 e. The van der Waals surface area contributed by atoms with E-state index in [1.54, 1.807) is 0 Å². The Morgan fingerprint density at radius 1 is 1.24 bits per heavy atom. The van der Waals surface area contributed by atoms with E-state index in [2.05, 4.69) is 51.1 Å². The van der Waals surface area contributed by atoms with Gasteiger partial charge in [-0.3, -0.25) is 0 Å². The molecule has 2 rings (SSSR count). The third-order valence-electron chi connectivity index (χ3n) is 3.36. The zero-order chi connectivity index (χ0) is 12.5. The second-order valence-corrected chi connectivity index (χ2v) is 6.01. The van der Waals surface area contributed by atoms with Gasteiger partial charge in [0.25, 0.3) is 0 Å². The molecule has 0 amide bonds. The minimum absolute atomic E-state index is 0.186. The van der Waals surface area contributed by atoms with Gasteiger partial charge in [-0.25, -0.2) is 0 Å². The molecule has 0 bridgehead atoms. The van der Waals surface area contributed by atoms with Gasteiger partial charge in [-0.2, -0.15) is 5.26 Å². The Balaban J connectivity index is 2.12. The molecule has 2 heteroatoms. The minimum Gasteiger partial charge on any atom is -0.378 e. The molecule has 0 aliphatic carbocycles. The average molecular weight is 229 g/mol. The summed E-state index contributed by atoms with van der Waals surface area (Å²) in [6.45, 7) is 7.77. The van der Waals surface area contributed by atoms with E-state index in [0.717, 1.165) is 6.42 Å². The quantitative estimate of drug-likeness (QED) is 0.780. The Kier molecular flexibility index (Phi) is 2.97. The molecule has 0 aromatic heterocycles. The molecule has 0 N–H and O–H groups in total. The molecular formula is C15H19NO. The Bertz CT molecular complexity index is 429. The van der Waals surface area contributed by atoms with Crippen LogP contribution in [-0.4, -0.2) is 13.2 Å². The van der Waals surface area contributed by atoms with Gasteiger partial charge in [0.2, 0.25) is 0 Å². The second kappa shape index (κ2) is 4.16. The van der Waals surface area contributed by atoms with Crippen molar-refractivity contribution in [3.05, 3.63) is 35.4 Å². The molecule has 1 aliphatic heterocycles. The summed E-state index contributed by atoms with van der Waals surface area (Å²) in [6, 6.07) is 11.0. The van der Waals surface area contributed by atoms with Crippen LogP contribution in [0, 0.1) is 16.7 Å². The lowest BCUT2D eigenvalue weighted by Gasteiger charge is -2.35. The van der Waals surface area contributed by atoms with Crippen molar-refractivity contribution in [1.29, 1.82) is 5.26 Å². The number of nitrogens with zero attached hydrogens (tertiary/aromatic N) is 1. The molecule has 2 nitrogen and oxygen atoms in total. The van der Waals surface area contributed by atoms with Crippen LogP contribution in [0.1, 0.15) is 31.9 Å². The van der Waals surface area contributed by atoms with E-state index in [9.17, 15) is 0 Å². The summed E-state index contributed by atoms with van der Waals surface area (Å²) in [5.41, 5.74) is 2.47. The molecule has 1 aromatic carbocycles. The van der Waals surface area contributed by atoms with Crippen LogP contribution in [-0.2, 0) is 16.6 Å². The lowest BCUT2D eigenvalue weighted by Crippen LogP contribution is -2.43. The van der Waals surface area contributed by atoms with Gasteiger partial charge in [0.1, 0.15) is 5.41 Å². The lowest BCUT2D eigenvalue weighted by molar-refractivity contribution is -0.0765. The van der Waals surface area contributed by atoms with E-state index in [1.807, 2.05) is 0 Å². The number of hydrogen-bond donors (Lipinski definition) is 0. The Hall–Kier alpha value is -1.33. The molecule has 0 spiro atoms. The highest BCUT2D eigenvalue weighted by Crippen LogP contribution is 2.31. The Morgan fingerprint density at radius 2 is 1.82 bits per heavy atom. The summed E-state index contributed by atoms with van der Waals surface area (Å²) in [4.78, 5) is 0. The van der Waals surface area contributed by atoms with Gasteiger partial charge in [0, 0.05) is 0 Å². The van der Waals surface area contributed by atoms with Gasteiger partial charge >= 0.3 is 0 Å². The van der Waals surface area contributed by atoms with Crippen LogP contribution in [0.25, 0.3) is 0 Å². The molecule has 1 aromatic rings. The van der Waals surface area contributed by atoms with Gasteiger partial charge < -0.3 is 4.74 Å². The fourth-order valence-electron chi connectivity index (χ4n) is 2.07. The van der Waals surface area contributed by atoms with E-state index in [1.165, 1.54) is 11.1 Å². The molecule has 1 heterocycles. The average Bonchev–Trinajstić information content (AvgIpc) is 2.23. The van der Waals surface area contributed by atoms with Gasteiger partial charge in [-0.15, -0.1) is 0 Å². The minimum atomic E-state index is -0.275. The first-order valence-electron chi connectivity index (χ1n) is 6.04. The Morgan fingerprint density at radius 3 is 2.18 bits per heavy atom. The fourth-order valence-corrected chi connectivity index (χ4v) is 2.07. The van der Waals surface area contributed by atoms with E-state index < -0.39 is 0 Å². The third kappa shape index (κ3) is 2.50. The first kappa shape index (κ1) is 12.1. The summed E-state index contributed by atoms with van der Waals surface area (Å²) < 4.78 is 5.16. The maximum atomic E-state index is 9.15. The van der Waals surface area contributed by atoms with Gasteiger partial charge in [0.05, 0.1) is 19.3 Å². The second-order valence-electron chi connectivity index (χ2n) is 6.01. The molecule has 1 fully saturated rings. The summed E-state index contributed by atoms with van der Waals surface area (Å²) in [5.74, 6) is 0. The zero-order valence-corrected chi connectivity index (χ0v) is 10.8. The summed E-state index contributed by atoms with van der Waals surface area (Å²) in [6.07, 6.45) is 0.800. The topological polar surface area (TPSA) is 33.0 Å². The van der Waals surface area contributed by atoms with E-state index in [0.29, 0.717) is 13.2 Å². The van der Waals surface area contributed by atoms with Crippen molar-refractivity contribution in [3.8, 4) is 6.07 Å². The number of benzene rings is 1. The van der Waals surface area contributed by atoms with Crippen molar-refractivity contribution in [1.82, 2.24) is 0 Å². The lowest BCUT2D eigenvalue weighted by atomic mass is 9.80. The van der Waals surface area contributed by atoms with E-state index in [-0.39, 0.29) is 10.8 Å². The smallest absolute Gasteiger partial charge is 0.108 e. The fraction of sp³-hybridized carbons (Fsp3) is 0.533. The summed E-state index contributed by atoms with van der Waals surface area (Å²) in [7, 11) is 0. The van der Waals surface area contributed by atoms with Crippen molar-refractivity contribution < 1.29 is 4.74 Å². The Labute approximate surface area is 103 Å². The van der Waals surface area contributed by atoms with Crippen molar-refractivity contribution in [3.63, 3.8) is 0 Å². The molecule has 0 radical (unpaired) electrons. The van der Waals surface area contributed by atoms with Crippen LogP contribution in [0.2, 0.25) is 0 Å². The predicted octanol–water partition coefficient (Wildman–Crippen LogP) is 3.07. The van der Waals surface area contributed by atoms with Crippen LogP contribution in [0.15, 0.2) is 24.3 Å². The summed E-state index contributed by atoms with van der Waals surface area (Å²) >= 11 is 0. The van der Waals surface area contributed by atoms with Gasteiger partial charge in [-0.05, 0) is 23.0 Å². The highest BCUT2D eigenvalue weighted by Gasteiger charge is 2.38. The number of ether oxygens (including phenoxy) is 1. The molecule has 90 valence electrons. The standard InChI is InChI=1S/C15H19NO/c1-14(2,3)13-6-4-12(5-7-13)8-15(9-16)10-17-11-15/h4-7H,8,10-11H2,1-3H3. The monoisotopic (exact) mass is 229 g/mol. The van der Waals surface area contributed by atoms with Crippen LogP contribution in [0.3, 0.4) is 0 Å². The van der Waals surface area contributed by atoms with E-state index >= 15 is 0 Å². The van der Waals surface area contributed by atoms with Crippen molar-refractivity contribution in [2.45, 2.75) is 32.6 Å². The predicted molar refractivity (Wildman–Crippen MR) is 67.7 cm³/mol. The molecule has 17 heavy (non-hydrogen) atoms. The van der Waals surface area contributed by atoms with Crippen molar-refractivity contribution >= 4 is 0 Å². The van der Waals surface area contributed by atoms with Crippen molar-refractivity contribution in [2.24, 2.45) is 5.41 Å². The zero-order valence-electron chi connectivity index (χ0n) is 10.8. The van der Waals surface area contributed by atoms with Gasteiger partial charge in [0.15, 0.2) is 0 Å². The third-order valence-corrected chi connectivity index (χ3v) is 3.36. The van der Waals surface area contributed by atoms with Crippen LogP contribution in [0.4, 0.5) is 0 Å². The molecule has 1 aliphatic rings. The highest BCUT2D eigenvalue weighted by molar-refractivity contribution is 5.29. The van der Waals surface area contributed by atoms with Gasteiger partial charge in [-0.1, -0.05) is 45.0 Å².